The lowest BCUT2D eigenvalue weighted by Gasteiger charge is -2.30. The third kappa shape index (κ3) is 4.50. The van der Waals surface area contributed by atoms with E-state index in [1.54, 1.807) is 0 Å². The van der Waals surface area contributed by atoms with E-state index in [0.717, 1.165) is 0 Å². The maximum Gasteiger partial charge on any atom is 0.107 e. The van der Waals surface area contributed by atoms with Crippen LogP contribution in [0.4, 0.5) is 0 Å². The van der Waals surface area contributed by atoms with Crippen molar-refractivity contribution in [1.29, 1.82) is 0 Å². The van der Waals surface area contributed by atoms with Crippen molar-refractivity contribution < 1.29 is 14.2 Å². The highest BCUT2D eigenvalue weighted by atomic mass is 35.5. The van der Waals surface area contributed by atoms with Crippen molar-refractivity contribution in [1.82, 2.24) is 0 Å². The Morgan fingerprint density at radius 2 is 1.11 bits per heavy atom. The van der Waals surface area contributed by atoms with Crippen molar-refractivity contribution in [2.75, 3.05) is 36.7 Å². The van der Waals surface area contributed by atoms with Gasteiger partial charge in [-0.25, -0.2) is 0 Å². The van der Waals surface area contributed by atoms with E-state index in [9.17, 15) is 0 Å². The van der Waals surface area contributed by atoms with Gasteiger partial charge in [0, 0.05) is 35.4 Å². The van der Waals surface area contributed by atoms with E-state index in [0.29, 0.717) is 36.7 Å². The second kappa shape index (κ2) is 7.88. The first-order chi connectivity index (χ1) is 9.24. The van der Waals surface area contributed by atoms with E-state index in [-0.39, 0.29) is 36.3 Å². The molecule has 3 nitrogen and oxygen atoms in total. The normalized spacial score (nSPS) is 28.7. The van der Waals surface area contributed by atoms with Gasteiger partial charge in [-0.15, -0.1) is 46.4 Å². The number of rotatable bonds is 10. The second-order valence-corrected chi connectivity index (χ2v) is 6.18. The van der Waals surface area contributed by atoms with Crippen LogP contribution in [0.3, 0.4) is 0 Å². The summed E-state index contributed by atoms with van der Waals surface area (Å²) < 4.78 is 16.9. The van der Waals surface area contributed by atoms with Gasteiger partial charge in [0.2, 0.25) is 0 Å². The van der Waals surface area contributed by atoms with E-state index < -0.39 is 0 Å². The van der Waals surface area contributed by atoms with E-state index in [1.165, 1.54) is 0 Å². The molecule has 112 valence electrons. The molecule has 2 aliphatic rings. The monoisotopic (exact) mass is 350 g/mol. The predicted octanol–water partition coefficient (Wildman–Crippen LogP) is 2.73. The molecule has 4 unspecified atom stereocenters. The summed E-state index contributed by atoms with van der Waals surface area (Å²) in [6.45, 7) is 1.39. The molecule has 0 bridgehead atoms. The van der Waals surface area contributed by atoms with E-state index >= 15 is 0 Å². The smallest absolute Gasteiger partial charge is 0.107 e. The molecule has 19 heavy (non-hydrogen) atoms. The Balaban J connectivity index is 2.00. The van der Waals surface area contributed by atoms with Crippen molar-refractivity contribution in [3.05, 3.63) is 0 Å². The minimum Gasteiger partial charge on any atom is -0.370 e. The maximum atomic E-state index is 6.20. The average Bonchev–Trinajstić information content (AvgIpc) is 3.31. The van der Waals surface area contributed by atoms with Gasteiger partial charge < -0.3 is 14.2 Å². The van der Waals surface area contributed by atoms with Crippen molar-refractivity contribution in [3.63, 3.8) is 0 Å². The largest absolute Gasteiger partial charge is 0.370 e. The third-order valence-electron chi connectivity index (χ3n) is 3.49. The quantitative estimate of drug-likeness (QED) is 0.448. The van der Waals surface area contributed by atoms with E-state index in [2.05, 4.69) is 0 Å². The van der Waals surface area contributed by atoms with Gasteiger partial charge in [-0.2, -0.15) is 0 Å². The van der Waals surface area contributed by atoms with Crippen LogP contribution in [0.15, 0.2) is 0 Å². The molecule has 0 saturated carbocycles. The van der Waals surface area contributed by atoms with Crippen LogP contribution in [0.5, 0.6) is 0 Å². The lowest BCUT2D eigenvalue weighted by molar-refractivity contribution is -0.0754. The molecule has 0 aromatic heterocycles. The molecule has 0 amide bonds. The van der Waals surface area contributed by atoms with Crippen molar-refractivity contribution in [3.8, 4) is 0 Å². The molecule has 4 atom stereocenters. The molecule has 0 radical (unpaired) electrons. The molecule has 7 heteroatoms. The molecule has 0 aromatic rings. The van der Waals surface area contributed by atoms with Gasteiger partial charge in [-0.1, -0.05) is 0 Å². The SMILES string of the molecule is ClCC(CCl)C(OC(C(CCl)CCl)C1CO1)C1CO1. The Bertz CT molecular complexity index is 240. The summed E-state index contributed by atoms with van der Waals surface area (Å²) in [4.78, 5) is 0. The standard InChI is InChI=1S/C12H18Cl4O3/c13-1-7(2-14)11(9-5-17-9)19-12(10-6-18-10)8(3-15)4-16/h7-12H,1-6H2. The summed E-state index contributed by atoms with van der Waals surface area (Å²) in [5.74, 6) is 1.89. The molecule has 2 heterocycles. The molecule has 0 aliphatic carbocycles. The summed E-state index contributed by atoms with van der Waals surface area (Å²) in [7, 11) is 0. The molecular weight excluding hydrogens is 334 g/mol. The number of hydrogen-bond donors (Lipinski definition) is 0. The van der Waals surface area contributed by atoms with E-state index in [4.69, 9.17) is 60.6 Å². The van der Waals surface area contributed by atoms with Gasteiger partial charge in [-0.3, -0.25) is 0 Å². The van der Waals surface area contributed by atoms with Crippen LogP contribution in [0.1, 0.15) is 0 Å². The van der Waals surface area contributed by atoms with Crippen molar-refractivity contribution in [2.45, 2.75) is 24.4 Å². The highest BCUT2D eigenvalue weighted by Gasteiger charge is 2.45. The zero-order valence-corrected chi connectivity index (χ0v) is 13.5. The molecule has 2 fully saturated rings. The molecule has 2 rings (SSSR count). The van der Waals surface area contributed by atoms with Crippen LogP contribution in [0.2, 0.25) is 0 Å². The Labute approximate surface area is 133 Å². The van der Waals surface area contributed by atoms with Crippen molar-refractivity contribution >= 4 is 46.4 Å². The van der Waals surface area contributed by atoms with Gasteiger partial charge in [0.25, 0.3) is 0 Å². The highest BCUT2D eigenvalue weighted by molar-refractivity contribution is 6.21. The first-order valence-electron chi connectivity index (χ1n) is 6.37. The minimum atomic E-state index is -0.113. The average molecular weight is 352 g/mol. The van der Waals surface area contributed by atoms with Gasteiger partial charge in [0.1, 0.15) is 12.2 Å². The van der Waals surface area contributed by atoms with Gasteiger partial charge in [-0.05, 0) is 0 Å². The summed E-state index contributed by atoms with van der Waals surface area (Å²) in [6.07, 6.45) is -0.0682. The Morgan fingerprint density at radius 3 is 1.32 bits per heavy atom. The Kier molecular flexibility index (Phi) is 6.81. The summed E-state index contributed by atoms with van der Waals surface area (Å²) >= 11 is 23.8. The third-order valence-corrected chi connectivity index (χ3v) is 5.07. The van der Waals surface area contributed by atoms with Crippen molar-refractivity contribution in [2.24, 2.45) is 11.8 Å². The minimum absolute atomic E-state index is 0.0587. The lowest BCUT2D eigenvalue weighted by Crippen LogP contribution is -2.42. The molecule has 2 saturated heterocycles. The number of epoxide rings is 2. The topological polar surface area (TPSA) is 34.3 Å². The lowest BCUT2D eigenvalue weighted by atomic mass is 10.00. The van der Waals surface area contributed by atoms with Crippen LogP contribution >= 0.6 is 46.4 Å². The Morgan fingerprint density at radius 1 is 0.789 bits per heavy atom. The Hall–Kier alpha value is 1.04. The number of hydrogen-bond acceptors (Lipinski definition) is 3. The zero-order chi connectivity index (χ0) is 13.8. The fourth-order valence-electron chi connectivity index (χ4n) is 2.11. The highest BCUT2D eigenvalue weighted by Crippen LogP contribution is 2.32. The van der Waals surface area contributed by atoms with Gasteiger partial charge >= 0.3 is 0 Å². The van der Waals surface area contributed by atoms with E-state index in [1.807, 2.05) is 0 Å². The van der Waals surface area contributed by atoms with Crippen LogP contribution < -0.4 is 0 Å². The van der Waals surface area contributed by atoms with Crippen LogP contribution in [0.25, 0.3) is 0 Å². The van der Waals surface area contributed by atoms with Crippen LogP contribution in [-0.4, -0.2) is 61.1 Å². The summed E-state index contributed by atoms with van der Waals surface area (Å²) in [5.41, 5.74) is 0. The van der Waals surface area contributed by atoms with Gasteiger partial charge in [0.05, 0.1) is 25.4 Å². The van der Waals surface area contributed by atoms with Crippen LogP contribution in [0, 0.1) is 11.8 Å². The fraction of sp³-hybridized carbons (Fsp3) is 1.00. The summed E-state index contributed by atoms with van der Waals surface area (Å²) in [5, 5.41) is 0. The fourth-order valence-corrected chi connectivity index (χ4v) is 3.47. The molecular formula is C12H18Cl4O3. The molecule has 0 N–H and O–H groups in total. The predicted molar refractivity (Wildman–Crippen MR) is 78.0 cm³/mol. The number of halogens is 4. The second-order valence-electron chi connectivity index (χ2n) is 4.95. The molecule has 0 aromatic carbocycles. The number of ether oxygens (including phenoxy) is 3. The first-order valence-corrected chi connectivity index (χ1v) is 8.51. The number of alkyl halides is 4. The first kappa shape index (κ1) is 16.4. The molecule has 0 spiro atoms. The zero-order valence-electron chi connectivity index (χ0n) is 10.4. The molecule has 2 aliphatic heterocycles. The van der Waals surface area contributed by atoms with Gasteiger partial charge in [0.15, 0.2) is 0 Å². The van der Waals surface area contributed by atoms with Crippen LogP contribution in [-0.2, 0) is 14.2 Å². The summed E-state index contributed by atoms with van der Waals surface area (Å²) in [6, 6.07) is 0. The maximum absolute atomic E-state index is 6.20.